The first kappa shape index (κ1) is 16.3. The number of sulfonamides is 1. The zero-order valence-electron chi connectivity index (χ0n) is 11.2. The highest BCUT2D eigenvalue weighted by molar-refractivity contribution is 9.10. The van der Waals surface area contributed by atoms with Crippen molar-refractivity contribution in [3.8, 4) is 0 Å². The van der Waals surface area contributed by atoms with Crippen LogP contribution in [0.1, 0.15) is 11.1 Å². The van der Waals surface area contributed by atoms with E-state index in [1.807, 2.05) is 6.07 Å². The van der Waals surface area contributed by atoms with Crippen LogP contribution in [0.4, 0.5) is 5.69 Å². The van der Waals surface area contributed by atoms with E-state index in [4.69, 9.17) is 17.3 Å². The lowest BCUT2D eigenvalue weighted by Crippen LogP contribution is -2.15. The Bertz CT molecular complexity index is 779. The second-order valence-electron chi connectivity index (χ2n) is 4.51. The van der Waals surface area contributed by atoms with Crippen LogP contribution in [-0.4, -0.2) is 8.42 Å². The van der Waals surface area contributed by atoms with Crippen LogP contribution in [0.5, 0.6) is 0 Å². The zero-order valence-corrected chi connectivity index (χ0v) is 14.4. The van der Waals surface area contributed by atoms with Crippen molar-refractivity contribution in [2.45, 2.75) is 18.4 Å². The summed E-state index contributed by atoms with van der Waals surface area (Å²) in [6.45, 7) is 1.94. The van der Waals surface area contributed by atoms with E-state index in [1.54, 1.807) is 31.2 Å². The average Bonchev–Trinajstić information content (AvgIpc) is 2.40. The van der Waals surface area contributed by atoms with Crippen LogP contribution in [0, 0.1) is 6.92 Å². The summed E-state index contributed by atoms with van der Waals surface area (Å²) in [6, 6.07) is 10.0. The van der Waals surface area contributed by atoms with Crippen molar-refractivity contribution >= 4 is 43.2 Å². The van der Waals surface area contributed by atoms with Gasteiger partial charge in [0.15, 0.2) is 0 Å². The molecule has 0 bridgehead atoms. The molecule has 0 spiro atoms. The van der Waals surface area contributed by atoms with Crippen LogP contribution in [-0.2, 0) is 16.6 Å². The molecule has 2 aromatic carbocycles. The highest BCUT2D eigenvalue weighted by atomic mass is 79.9. The standard InChI is InChI=1S/C14H14BrClN2O2S/c1-9-10(8-17)5-12(16)7-14(9)21(19,20)18-13-4-2-3-11(15)6-13/h2-7,18H,8,17H2,1H3. The number of hydrogen-bond donors (Lipinski definition) is 2. The van der Waals surface area contributed by atoms with Crippen molar-refractivity contribution in [1.29, 1.82) is 0 Å². The Labute approximate surface area is 137 Å². The van der Waals surface area contributed by atoms with Gasteiger partial charge < -0.3 is 5.73 Å². The maximum atomic E-state index is 12.5. The summed E-state index contributed by atoms with van der Waals surface area (Å²) in [6.07, 6.45) is 0. The molecule has 0 aliphatic heterocycles. The molecular weight excluding hydrogens is 376 g/mol. The first-order valence-corrected chi connectivity index (χ1v) is 8.76. The first-order chi connectivity index (χ1) is 9.83. The van der Waals surface area contributed by atoms with Gasteiger partial charge in [0.25, 0.3) is 10.0 Å². The third kappa shape index (κ3) is 3.77. The third-order valence-electron chi connectivity index (χ3n) is 3.02. The first-order valence-electron chi connectivity index (χ1n) is 6.11. The Morgan fingerprint density at radius 2 is 2.00 bits per heavy atom. The monoisotopic (exact) mass is 388 g/mol. The summed E-state index contributed by atoms with van der Waals surface area (Å²) in [5.41, 5.74) is 7.40. The van der Waals surface area contributed by atoms with Gasteiger partial charge in [-0.05, 0) is 48.4 Å². The van der Waals surface area contributed by atoms with Gasteiger partial charge in [-0.25, -0.2) is 8.42 Å². The molecule has 7 heteroatoms. The fourth-order valence-corrected chi connectivity index (χ4v) is 4.03. The zero-order chi connectivity index (χ0) is 15.6. The predicted molar refractivity (Wildman–Crippen MR) is 89.0 cm³/mol. The van der Waals surface area contributed by atoms with Gasteiger partial charge in [0.05, 0.1) is 4.90 Å². The van der Waals surface area contributed by atoms with Crippen LogP contribution >= 0.6 is 27.5 Å². The van der Waals surface area contributed by atoms with Crippen molar-refractivity contribution in [3.05, 3.63) is 57.0 Å². The lowest BCUT2D eigenvalue weighted by molar-refractivity contribution is 0.600. The Morgan fingerprint density at radius 1 is 1.29 bits per heavy atom. The number of benzene rings is 2. The van der Waals surface area contributed by atoms with Crippen molar-refractivity contribution in [1.82, 2.24) is 0 Å². The normalized spacial score (nSPS) is 11.4. The van der Waals surface area contributed by atoms with E-state index in [0.717, 1.165) is 4.47 Å². The van der Waals surface area contributed by atoms with Gasteiger partial charge in [-0.2, -0.15) is 0 Å². The van der Waals surface area contributed by atoms with Gasteiger partial charge in [-0.1, -0.05) is 33.6 Å². The molecule has 21 heavy (non-hydrogen) atoms. The third-order valence-corrected chi connectivity index (χ3v) is 5.24. The fourth-order valence-electron chi connectivity index (χ4n) is 1.96. The molecule has 2 rings (SSSR count). The highest BCUT2D eigenvalue weighted by Crippen LogP contribution is 2.26. The molecule has 0 atom stereocenters. The number of hydrogen-bond acceptors (Lipinski definition) is 3. The maximum absolute atomic E-state index is 12.5. The lowest BCUT2D eigenvalue weighted by Gasteiger charge is -2.13. The van der Waals surface area contributed by atoms with E-state index in [9.17, 15) is 8.42 Å². The van der Waals surface area contributed by atoms with Gasteiger partial charge in [-0.3, -0.25) is 4.72 Å². The molecule has 3 N–H and O–H groups in total. The lowest BCUT2D eigenvalue weighted by atomic mass is 10.1. The van der Waals surface area contributed by atoms with Gasteiger partial charge in [0, 0.05) is 21.7 Å². The molecule has 0 fully saturated rings. The summed E-state index contributed by atoms with van der Waals surface area (Å²) in [4.78, 5) is 0.135. The van der Waals surface area contributed by atoms with Crippen LogP contribution in [0.2, 0.25) is 5.02 Å². The number of rotatable bonds is 4. The van der Waals surface area contributed by atoms with E-state index in [0.29, 0.717) is 21.8 Å². The molecule has 0 aliphatic carbocycles. The smallest absolute Gasteiger partial charge is 0.262 e. The molecule has 0 radical (unpaired) electrons. The molecule has 0 amide bonds. The molecule has 2 aromatic rings. The second kappa shape index (κ2) is 6.36. The van der Waals surface area contributed by atoms with Crippen molar-refractivity contribution in [2.75, 3.05) is 4.72 Å². The average molecular weight is 390 g/mol. The minimum absolute atomic E-state index is 0.135. The minimum Gasteiger partial charge on any atom is -0.326 e. The summed E-state index contributed by atoms with van der Waals surface area (Å²) >= 11 is 9.28. The Kier molecular flexibility index (Phi) is 4.93. The topological polar surface area (TPSA) is 72.2 Å². The fraction of sp³-hybridized carbons (Fsp3) is 0.143. The Hall–Kier alpha value is -1.08. The number of halogens is 2. The highest BCUT2D eigenvalue weighted by Gasteiger charge is 2.19. The quantitative estimate of drug-likeness (QED) is 0.838. The van der Waals surface area contributed by atoms with E-state index in [1.165, 1.54) is 6.07 Å². The molecule has 112 valence electrons. The van der Waals surface area contributed by atoms with Crippen LogP contribution in [0.15, 0.2) is 45.8 Å². The van der Waals surface area contributed by atoms with Crippen LogP contribution in [0.3, 0.4) is 0 Å². The molecule has 4 nitrogen and oxygen atoms in total. The number of anilines is 1. The molecular formula is C14H14BrClN2O2S. The van der Waals surface area contributed by atoms with E-state index in [2.05, 4.69) is 20.7 Å². The molecule has 0 unspecified atom stereocenters. The number of nitrogens with one attached hydrogen (secondary N) is 1. The predicted octanol–water partition coefficient (Wildman–Crippen LogP) is 3.67. The summed E-state index contributed by atoms with van der Waals surface area (Å²) in [5.74, 6) is 0. The molecule has 0 aromatic heterocycles. The minimum atomic E-state index is -3.73. The summed E-state index contributed by atoms with van der Waals surface area (Å²) < 4.78 is 28.4. The Balaban J connectivity index is 2.47. The second-order valence-corrected chi connectivity index (χ2v) is 7.51. The number of nitrogens with two attached hydrogens (primary N) is 1. The molecule has 0 saturated carbocycles. The molecule has 0 heterocycles. The van der Waals surface area contributed by atoms with Crippen LogP contribution < -0.4 is 10.5 Å². The molecule has 0 aliphatic rings. The maximum Gasteiger partial charge on any atom is 0.262 e. The van der Waals surface area contributed by atoms with Gasteiger partial charge in [0.2, 0.25) is 0 Å². The van der Waals surface area contributed by atoms with Crippen LogP contribution in [0.25, 0.3) is 0 Å². The van der Waals surface area contributed by atoms with E-state index in [-0.39, 0.29) is 11.4 Å². The molecule has 0 saturated heterocycles. The van der Waals surface area contributed by atoms with E-state index < -0.39 is 10.0 Å². The van der Waals surface area contributed by atoms with Gasteiger partial charge in [-0.15, -0.1) is 0 Å². The largest absolute Gasteiger partial charge is 0.326 e. The van der Waals surface area contributed by atoms with Crippen molar-refractivity contribution < 1.29 is 8.42 Å². The van der Waals surface area contributed by atoms with Crippen molar-refractivity contribution in [3.63, 3.8) is 0 Å². The van der Waals surface area contributed by atoms with Crippen molar-refractivity contribution in [2.24, 2.45) is 5.73 Å². The summed E-state index contributed by atoms with van der Waals surface area (Å²) in [5, 5.41) is 0.343. The van der Waals surface area contributed by atoms with E-state index >= 15 is 0 Å². The van der Waals surface area contributed by atoms with Gasteiger partial charge >= 0.3 is 0 Å². The Morgan fingerprint density at radius 3 is 2.62 bits per heavy atom. The SMILES string of the molecule is Cc1c(CN)cc(Cl)cc1S(=O)(=O)Nc1cccc(Br)c1. The summed E-state index contributed by atoms with van der Waals surface area (Å²) in [7, 11) is -3.73. The van der Waals surface area contributed by atoms with Gasteiger partial charge in [0.1, 0.15) is 0 Å².